The van der Waals surface area contributed by atoms with Gasteiger partial charge in [-0.25, -0.2) is 0 Å². The number of H-pyrrole nitrogens is 1. The second-order valence-electron chi connectivity index (χ2n) is 2.80. The molecule has 2 aromatic rings. The van der Waals surface area contributed by atoms with Gasteiger partial charge >= 0.3 is 0 Å². The Morgan fingerprint density at radius 2 is 1.85 bits per heavy atom. The van der Waals surface area contributed by atoms with Crippen molar-refractivity contribution in [1.29, 1.82) is 0 Å². The van der Waals surface area contributed by atoms with E-state index in [9.17, 15) is 0 Å². The number of rotatable bonds is 3. The molecule has 0 bridgehead atoms. The third kappa shape index (κ3) is 2.39. The molecule has 1 nitrogen and oxygen atoms in total. The summed E-state index contributed by atoms with van der Waals surface area (Å²) in [5.74, 6) is 1.01. The van der Waals surface area contributed by atoms with Crippen LogP contribution in [0.4, 0.5) is 0 Å². The summed E-state index contributed by atoms with van der Waals surface area (Å²) < 4.78 is 0. The molecule has 0 fully saturated rings. The molecule has 0 saturated heterocycles. The van der Waals surface area contributed by atoms with Crippen molar-refractivity contribution in [3.63, 3.8) is 0 Å². The molecule has 1 aromatic heterocycles. The number of hydrogen-bond donors (Lipinski definition) is 1. The molecule has 0 saturated carbocycles. The SMILES string of the molecule is c1ccc(SCc2ccc[nH]2)cc1. The molecule has 0 atom stereocenters. The van der Waals surface area contributed by atoms with Crippen molar-refractivity contribution >= 4 is 11.8 Å². The number of nitrogens with one attached hydrogen (secondary N) is 1. The molecule has 0 amide bonds. The van der Waals surface area contributed by atoms with Gasteiger partial charge in [0.1, 0.15) is 0 Å². The summed E-state index contributed by atoms with van der Waals surface area (Å²) in [6.07, 6.45) is 1.96. The van der Waals surface area contributed by atoms with Crippen LogP contribution in [0.1, 0.15) is 5.69 Å². The minimum Gasteiger partial charge on any atom is -0.364 e. The molecule has 2 rings (SSSR count). The maximum absolute atomic E-state index is 3.19. The maximum Gasteiger partial charge on any atom is 0.0383 e. The smallest absolute Gasteiger partial charge is 0.0383 e. The Hall–Kier alpha value is -1.15. The number of thioether (sulfide) groups is 1. The Morgan fingerprint density at radius 1 is 1.00 bits per heavy atom. The Bertz CT molecular complexity index is 340. The first-order chi connectivity index (χ1) is 6.45. The van der Waals surface area contributed by atoms with Crippen LogP contribution in [0.3, 0.4) is 0 Å². The highest BCUT2D eigenvalue weighted by Gasteiger charge is 1.94. The highest BCUT2D eigenvalue weighted by atomic mass is 32.2. The van der Waals surface area contributed by atoms with E-state index >= 15 is 0 Å². The van der Waals surface area contributed by atoms with Crippen molar-refractivity contribution in [3.8, 4) is 0 Å². The Labute approximate surface area is 82.2 Å². The molecule has 2 heteroatoms. The summed E-state index contributed by atoms with van der Waals surface area (Å²) >= 11 is 1.85. The summed E-state index contributed by atoms with van der Waals surface area (Å²) in [6, 6.07) is 14.6. The number of hydrogen-bond acceptors (Lipinski definition) is 1. The third-order valence-corrected chi connectivity index (χ3v) is 2.86. The van der Waals surface area contributed by atoms with E-state index in [4.69, 9.17) is 0 Å². The van der Waals surface area contributed by atoms with Gasteiger partial charge in [-0.2, -0.15) is 0 Å². The van der Waals surface area contributed by atoms with Gasteiger partial charge in [0.2, 0.25) is 0 Å². The van der Waals surface area contributed by atoms with Crippen LogP contribution in [0.2, 0.25) is 0 Å². The predicted octanol–water partition coefficient (Wildman–Crippen LogP) is 3.31. The predicted molar refractivity (Wildman–Crippen MR) is 56.8 cm³/mol. The van der Waals surface area contributed by atoms with Crippen LogP contribution in [0, 0.1) is 0 Å². The standard InChI is InChI=1S/C11H11NS/c1-2-6-11(7-3-1)13-9-10-5-4-8-12-10/h1-8,12H,9H2. The van der Waals surface area contributed by atoms with Crippen LogP contribution in [-0.2, 0) is 5.75 Å². The molecule has 13 heavy (non-hydrogen) atoms. The van der Waals surface area contributed by atoms with Gasteiger partial charge in [0.25, 0.3) is 0 Å². The van der Waals surface area contributed by atoms with Crippen LogP contribution >= 0.6 is 11.8 Å². The number of aromatic amines is 1. The molecule has 1 heterocycles. The first-order valence-electron chi connectivity index (χ1n) is 4.25. The van der Waals surface area contributed by atoms with Crippen molar-refractivity contribution in [2.75, 3.05) is 0 Å². The van der Waals surface area contributed by atoms with E-state index in [-0.39, 0.29) is 0 Å². The molecule has 0 radical (unpaired) electrons. The molecule has 0 aliphatic heterocycles. The minimum atomic E-state index is 1.01. The van der Waals surface area contributed by atoms with Crippen molar-refractivity contribution in [2.45, 2.75) is 10.6 Å². The summed E-state index contributed by atoms with van der Waals surface area (Å²) in [6.45, 7) is 0. The van der Waals surface area contributed by atoms with Gasteiger partial charge in [-0.1, -0.05) is 18.2 Å². The quantitative estimate of drug-likeness (QED) is 0.732. The first-order valence-corrected chi connectivity index (χ1v) is 5.24. The lowest BCUT2D eigenvalue weighted by atomic mass is 10.4. The first kappa shape index (κ1) is 8.45. The van der Waals surface area contributed by atoms with E-state index in [2.05, 4.69) is 35.3 Å². The van der Waals surface area contributed by atoms with Crippen LogP contribution in [0.25, 0.3) is 0 Å². The highest BCUT2D eigenvalue weighted by Crippen LogP contribution is 2.20. The normalized spacial score (nSPS) is 10.2. The minimum absolute atomic E-state index is 1.01. The van der Waals surface area contributed by atoms with Crippen LogP contribution < -0.4 is 0 Å². The van der Waals surface area contributed by atoms with Gasteiger partial charge in [-0.3, -0.25) is 0 Å². The zero-order chi connectivity index (χ0) is 8.93. The summed E-state index contributed by atoms with van der Waals surface area (Å²) in [7, 11) is 0. The Balaban J connectivity index is 1.94. The number of benzene rings is 1. The average Bonchev–Trinajstić information content (AvgIpc) is 2.69. The molecule has 66 valence electrons. The fourth-order valence-electron chi connectivity index (χ4n) is 1.14. The lowest BCUT2D eigenvalue weighted by Gasteiger charge is -1.98. The second kappa shape index (κ2) is 4.19. The van der Waals surface area contributed by atoms with Gasteiger partial charge in [-0.15, -0.1) is 11.8 Å². The van der Waals surface area contributed by atoms with Crippen molar-refractivity contribution in [3.05, 3.63) is 54.4 Å². The maximum atomic E-state index is 3.19. The lowest BCUT2D eigenvalue weighted by molar-refractivity contribution is 1.23. The van der Waals surface area contributed by atoms with Gasteiger partial charge in [0.05, 0.1) is 0 Å². The third-order valence-electron chi connectivity index (χ3n) is 1.80. The van der Waals surface area contributed by atoms with Crippen LogP contribution in [0.15, 0.2) is 53.6 Å². The van der Waals surface area contributed by atoms with Crippen molar-refractivity contribution in [1.82, 2.24) is 4.98 Å². The summed E-state index contributed by atoms with van der Waals surface area (Å²) in [4.78, 5) is 4.50. The molecule has 0 aliphatic carbocycles. The monoisotopic (exact) mass is 189 g/mol. The van der Waals surface area contributed by atoms with Gasteiger partial charge in [0.15, 0.2) is 0 Å². The molecule has 0 aliphatic rings. The van der Waals surface area contributed by atoms with Crippen molar-refractivity contribution < 1.29 is 0 Å². The molecular weight excluding hydrogens is 178 g/mol. The van der Waals surface area contributed by atoms with Gasteiger partial charge in [-0.05, 0) is 24.3 Å². The van der Waals surface area contributed by atoms with Crippen molar-refractivity contribution in [2.24, 2.45) is 0 Å². The van der Waals surface area contributed by atoms with E-state index in [1.54, 1.807) is 0 Å². The Kier molecular flexibility index (Phi) is 2.72. The van der Waals surface area contributed by atoms with E-state index in [1.807, 2.05) is 30.1 Å². The molecule has 0 spiro atoms. The van der Waals surface area contributed by atoms with Crippen LogP contribution in [0.5, 0.6) is 0 Å². The Morgan fingerprint density at radius 3 is 2.54 bits per heavy atom. The summed E-state index contributed by atoms with van der Waals surface area (Å²) in [5, 5.41) is 0. The van der Waals surface area contributed by atoms with E-state index < -0.39 is 0 Å². The fourth-order valence-corrected chi connectivity index (χ4v) is 1.99. The van der Waals surface area contributed by atoms with E-state index in [0.717, 1.165) is 5.75 Å². The molecular formula is C11H11NS. The second-order valence-corrected chi connectivity index (χ2v) is 3.85. The lowest BCUT2D eigenvalue weighted by Crippen LogP contribution is -1.78. The average molecular weight is 189 g/mol. The summed E-state index contributed by atoms with van der Waals surface area (Å²) in [5.41, 5.74) is 1.27. The molecule has 1 N–H and O–H groups in total. The molecule has 0 unspecified atom stereocenters. The number of aromatic nitrogens is 1. The van der Waals surface area contributed by atoms with E-state index in [0.29, 0.717) is 0 Å². The zero-order valence-electron chi connectivity index (χ0n) is 7.23. The fraction of sp³-hybridized carbons (Fsp3) is 0.0909. The van der Waals surface area contributed by atoms with Crippen LogP contribution in [-0.4, -0.2) is 4.98 Å². The zero-order valence-corrected chi connectivity index (χ0v) is 8.05. The van der Waals surface area contributed by atoms with Gasteiger partial charge in [0, 0.05) is 22.5 Å². The van der Waals surface area contributed by atoms with E-state index in [1.165, 1.54) is 10.6 Å². The molecule has 1 aromatic carbocycles. The largest absolute Gasteiger partial charge is 0.364 e. The highest BCUT2D eigenvalue weighted by molar-refractivity contribution is 7.98. The topological polar surface area (TPSA) is 15.8 Å². The van der Waals surface area contributed by atoms with Gasteiger partial charge < -0.3 is 4.98 Å².